The number of ether oxygens (including phenoxy) is 1. The van der Waals surface area contributed by atoms with Crippen molar-refractivity contribution in [2.75, 3.05) is 17.8 Å². The normalized spacial score (nSPS) is 10.0. The van der Waals surface area contributed by atoms with Gasteiger partial charge in [-0.05, 0) is 37.6 Å². The minimum Gasteiger partial charge on any atom is -0.449 e. The molecule has 0 unspecified atom stereocenters. The number of benzene rings is 1. The van der Waals surface area contributed by atoms with E-state index in [1.54, 1.807) is 13.0 Å². The zero-order valence-electron chi connectivity index (χ0n) is 11.9. The Kier molecular flexibility index (Phi) is 4.55. The number of hydrazine groups is 1. The van der Waals surface area contributed by atoms with E-state index in [1.165, 1.54) is 0 Å². The summed E-state index contributed by atoms with van der Waals surface area (Å²) in [5.41, 5.74) is 14.0. The minimum atomic E-state index is -0.570. The number of aromatic nitrogens is 2. The number of nitrogens with two attached hydrogens (primary N) is 1. The molecule has 2 aromatic rings. The highest BCUT2D eigenvalue weighted by atomic mass is 16.5. The van der Waals surface area contributed by atoms with E-state index in [0.717, 1.165) is 16.8 Å². The molecule has 0 bridgehead atoms. The first-order valence-corrected chi connectivity index (χ1v) is 6.49. The highest BCUT2D eigenvalue weighted by molar-refractivity contribution is 5.69. The van der Waals surface area contributed by atoms with E-state index < -0.39 is 6.09 Å². The van der Waals surface area contributed by atoms with E-state index in [1.807, 2.05) is 31.2 Å². The Morgan fingerprint density at radius 3 is 2.62 bits per heavy atom. The van der Waals surface area contributed by atoms with Gasteiger partial charge in [0.15, 0.2) is 5.82 Å². The molecule has 4 N–H and O–H groups in total. The molecule has 0 fully saturated rings. The number of carbonyl (C=O) groups is 1. The van der Waals surface area contributed by atoms with Crippen LogP contribution < -0.4 is 16.6 Å². The number of nitrogen functional groups attached to an aromatic ring is 1. The number of hydrogen-bond acceptors (Lipinski definition) is 6. The SMILES string of the molecule is CCOC(=O)NNc1cc(C)c(-c2ccc(N)cc2)nn1. The minimum absolute atomic E-state index is 0.300. The number of hydrogen-bond donors (Lipinski definition) is 3. The molecule has 1 aromatic carbocycles. The van der Waals surface area contributed by atoms with E-state index in [2.05, 4.69) is 21.0 Å². The predicted molar refractivity (Wildman–Crippen MR) is 80.4 cm³/mol. The van der Waals surface area contributed by atoms with Gasteiger partial charge in [-0.2, -0.15) is 0 Å². The summed E-state index contributed by atoms with van der Waals surface area (Å²) in [6.07, 6.45) is -0.570. The molecule has 7 heteroatoms. The molecule has 0 aliphatic carbocycles. The molecule has 0 radical (unpaired) electrons. The number of aryl methyl sites for hydroxylation is 1. The number of rotatable bonds is 4. The topological polar surface area (TPSA) is 102 Å². The Hall–Kier alpha value is -2.83. The van der Waals surface area contributed by atoms with Crippen LogP contribution in [0.15, 0.2) is 30.3 Å². The lowest BCUT2D eigenvalue weighted by Gasteiger charge is -2.09. The van der Waals surface area contributed by atoms with Gasteiger partial charge in [-0.3, -0.25) is 5.43 Å². The summed E-state index contributed by atoms with van der Waals surface area (Å²) in [5, 5.41) is 8.16. The first-order chi connectivity index (χ1) is 10.1. The summed E-state index contributed by atoms with van der Waals surface area (Å²) in [4.78, 5) is 11.2. The largest absolute Gasteiger partial charge is 0.449 e. The standard InChI is InChI=1S/C14H17N5O2/c1-3-21-14(20)19-17-12-8-9(2)13(18-16-12)10-4-6-11(15)7-5-10/h4-8H,3,15H2,1-2H3,(H,16,17)(H,19,20). The molecule has 110 valence electrons. The van der Waals surface area contributed by atoms with Crippen LogP contribution >= 0.6 is 0 Å². The van der Waals surface area contributed by atoms with Crippen LogP contribution in [0.3, 0.4) is 0 Å². The quantitative estimate of drug-likeness (QED) is 0.588. The molecule has 0 aliphatic rings. The molecule has 1 amide bonds. The lowest BCUT2D eigenvalue weighted by Crippen LogP contribution is -2.30. The highest BCUT2D eigenvalue weighted by Crippen LogP contribution is 2.22. The van der Waals surface area contributed by atoms with E-state index in [4.69, 9.17) is 10.5 Å². The van der Waals surface area contributed by atoms with Crippen LogP contribution in [0.25, 0.3) is 11.3 Å². The van der Waals surface area contributed by atoms with Crippen molar-refractivity contribution in [3.63, 3.8) is 0 Å². The van der Waals surface area contributed by atoms with Crippen molar-refractivity contribution in [2.45, 2.75) is 13.8 Å². The molecule has 0 saturated carbocycles. The molecule has 1 aromatic heterocycles. The van der Waals surface area contributed by atoms with Crippen molar-refractivity contribution in [1.29, 1.82) is 0 Å². The van der Waals surface area contributed by atoms with E-state index in [0.29, 0.717) is 18.1 Å². The van der Waals surface area contributed by atoms with Crippen molar-refractivity contribution in [3.05, 3.63) is 35.9 Å². The summed E-state index contributed by atoms with van der Waals surface area (Å²) in [6, 6.07) is 9.17. The lowest BCUT2D eigenvalue weighted by atomic mass is 10.1. The zero-order chi connectivity index (χ0) is 15.2. The number of anilines is 2. The maximum atomic E-state index is 11.2. The van der Waals surface area contributed by atoms with Gasteiger partial charge in [-0.25, -0.2) is 10.2 Å². The van der Waals surface area contributed by atoms with Crippen LogP contribution in [0.1, 0.15) is 12.5 Å². The van der Waals surface area contributed by atoms with Crippen molar-refractivity contribution >= 4 is 17.6 Å². The molecule has 1 heterocycles. The highest BCUT2D eigenvalue weighted by Gasteiger charge is 2.07. The summed E-state index contributed by atoms with van der Waals surface area (Å²) >= 11 is 0. The number of nitrogens with one attached hydrogen (secondary N) is 2. The first kappa shape index (κ1) is 14.6. The van der Waals surface area contributed by atoms with Crippen LogP contribution in [0.2, 0.25) is 0 Å². The van der Waals surface area contributed by atoms with Gasteiger partial charge in [-0.1, -0.05) is 12.1 Å². The fourth-order valence-corrected chi connectivity index (χ4v) is 1.75. The van der Waals surface area contributed by atoms with Gasteiger partial charge < -0.3 is 10.5 Å². The molecular formula is C14H17N5O2. The average Bonchev–Trinajstić information content (AvgIpc) is 2.47. The second-order valence-corrected chi connectivity index (χ2v) is 4.35. The summed E-state index contributed by atoms with van der Waals surface area (Å²) in [6.45, 7) is 3.94. The zero-order valence-corrected chi connectivity index (χ0v) is 11.9. The van der Waals surface area contributed by atoms with Gasteiger partial charge in [0.2, 0.25) is 0 Å². The van der Waals surface area contributed by atoms with E-state index >= 15 is 0 Å². The molecule has 7 nitrogen and oxygen atoms in total. The fraction of sp³-hybridized carbons (Fsp3) is 0.214. The Morgan fingerprint density at radius 1 is 1.29 bits per heavy atom. The van der Waals surface area contributed by atoms with Crippen molar-refractivity contribution in [1.82, 2.24) is 15.6 Å². The fourth-order valence-electron chi connectivity index (χ4n) is 1.75. The Labute approximate surface area is 122 Å². The van der Waals surface area contributed by atoms with Crippen LogP contribution in [0, 0.1) is 6.92 Å². The monoisotopic (exact) mass is 287 g/mol. The molecule has 0 atom stereocenters. The van der Waals surface area contributed by atoms with E-state index in [9.17, 15) is 4.79 Å². The third-order valence-electron chi connectivity index (χ3n) is 2.74. The maximum Gasteiger partial charge on any atom is 0.425 e. The van der Waals surface area contributed by atoms with Gasteiger partial charge >= 0.3 is 6.09 Å². The predicted octanol–water partition coefficient (Wildman–Crippen LogP) is 2.11. The van der Waals surface area contributed by atoms with Gasteiger partial charge in [-0.15, -0.1) is 10.2 Å². The van der Waals surface area contributed by atoms with Gasteiger partial charge in [0.05, 0.1) is 12.3 Å². The van der Waals surface area contributed by atoms with Gasteiger partial charge in [0.1, 0.15) is 0 Å². The van der Waals surface area contributed by atoms with Crippen molar-refractivity contribution in [2.24, 2.45) is 0 Å². The maximum absolute atomic E-state index is 11.2. The number of nitrogens with zero attached hydrogens (tertiary/aromatic N) is 2. The van der Waals surface area contributed by atoms with Gasteiger partial charge in [0.25, 0.3) is 0 Å². The van der Waals surface area contributed by atoms with Crippen molar-refractivity contribution < 1.29 is 9.53 Å². The summed E-state index contributed by atoms with van der Waals surface area (Å²) < 4.78 is 4.73. The number of amides is 1. The second kappa shape index (κ2) is 6.56. The summed E-state index contributed by atoms with van der Waals surface area (Å²) in [7, 11) is 0. The average molecular weight is 287 g/mol. The molecule has 2 rings (SSSR count). The van der Waals surface area contributed by atoms with Gasteiger partial charge in [0, 0.05) is 11.3 Å². The molecule has 0 spiro atoms. The molecular weight excluding hydrogens is 270 g/mol. The van der Waals surface area contributed by atoms with Crippen molar-refractivity contribution in [3.8, 4) is 11.3 Å². The van der Waals surface area contributed by atoms with Crippen LogP contribution in [0.5, 0.6) is 0 Å². The van der Waals surface area contributed by atoms with Crippen LogP contribution in [0.4, 0.5) is 16.3 Å². The Bertz CT molecular complexity index is 628. The lowest BCUT2D eigenvalue weighted by molar-refractivity contribution is 0.154. The Morgan fingerprint density at radius 2 is 2.00 bits per heavy atom. The van der Waals surface area contributed by atoms with Crippen LogP contribution in [-0.2, 0) is 4.74 Å². The first-order valence-electron chi connectivity index (χ1n) is 6.49. The smallest absolute Gasteiger partial charge is 0.425 e. The molecule has 0 saturated heterocycles. The van der Waals surface area contributed by atoms with E-state index in [-0.39, 0.29) is 0 Å². The second-order valence-electron chi connectivity index (χ2n) is 4.35. The summed E-state index contributed by atoms with van der Waals surface area (Å²) in [5.74, 6) is 0.430. The number of carbonyl (C=O) groups excluding carboxylic acids is 1. The molecule has 0 aliphatic heterocycles. The Balaban J connectivity index is 2.10. The van der Waals surface area contributed by atoms with Crippen LogP contribution in [-0.4, -0.2) is 22.9 Å². The third kappa shape index (κ3) is 3.82. The third-order valence-corrected chi connectivity index (χ3v) is 2.74. The molecule has 21 heavy (non-hydrogen) atoms.